The number of carboxylic acid groups (broad SMARTS) is 2. The van der Waals surface area contributed by atoms with Gasteiger partial charge in [-0.3, -0.25) is 14.4 Å². The van der Waals surface area contributed by atoms with Gasteiger partial charge in [-0.1, -0.05) is 0 Å². The number of carboxylic acids is 2. The normalized spacial score (nSPS) is 12.8. The second-order valence-electron chi connectivity index (χ2n) is 3.05. The second-order valence-corrected chi connectivity index (χ2v) is 3.05. The third kappa shape index (κ3) is 6.73. The van der Waals surface area contributed by atoms with Gasteiger partial charge in [0.15, 0.2) is 5.60 Å². The molecule has 0 amide bonds. The van der Waals surface area contributed by atoms with E-state index < -0.39 is 42.3 Å². The topological polar surface area (TPSA) is 138 Å². The van der Waals surface area contributed by atoms with Crippen molar-refractivity contribution in [1.82, 2.24) is 0 Å². The monoisotopic (exact) mass is 242 g/mol. The van der Waals surface area contributed by atoms with Crippen LogP contribution in [-0.4, -0.2) is 63.7 Å². The number of carbonyl (C=O) groups excluding carboxylic acids is 2. The molecule has 0 bridgehead atoms. The van der Waals surface area contributed by atoms with E-state index in [0.717, 1.165) is 6.92 Å². The van der Waals surface area contributed by atoms with E-state index in [4.69, 9.17) is 10.2 Å². The standard InChI is InChI=1S/C8H10O8.Li.H/c1-4(9)16-6(12)3-8(15,7(13)14)2-5(10)11;;/h15H,2-3H2,1H3,(H,10,11)(H,13,14);;. The molecule has 0 saturated carbocycles. The number of aliphatic carboxylic acids is 2. The average molecular weight is 242 g/mol. The van der Waals surface area contributed by atoms with E-state index in [-0.39, 0.29) is 18.9 Å². The molecule has 0 fully saturated rings. The minimum absolute atomic E-state index is 0. The molecule has 0 aliphatic carbocycles. The molecule has 1 unspecified atom stereocenters. The van der Waals surface area contributed by atoms with E-state index in [0.29, 0.717) is 0 Å². The summed E-state index contributed by atoms with van der Waals surface area (Å²) in [5, 5.41) is 26.3. The summed E-state index contributed by atoms with van der Waals surface area (Å²) in [6.45, 7) is 0.912. The van der Waals surface area contributed by atoms with Gasteiger partial charge in [-0.15, -0.1) is 0 Å². The number of carbonyl (C=O) groups is 4. The van der Waals surface area contributed by atoms with Crippen LogP contribution in [0.2, 0.25) is 0 Å². The number of esters is 2. The van der Waals surface area contributed by atoms with Crippen LogP contribution in [0.15, 0.2) is 0 Å². The molecule has 0 aromatic heterocycles. The fourth-order valence-electron chi connectivity index (χ4n) is 0.899. The van der Waals surface area contributed by atoms with Crippen molar-refractivity contribution >= 4 is 42.7 Å². The zero-order chi connectivity index (χ0) is 12.9. The Hall–Kier alpha value is -1.36. The summed E-state index contributed by atoms with van der Waals surface area (Å²) in [5.74, 6) is -5.76. The predicted octanol–water partition coefficient (Wildman–Crippen LogP) is -1.89. The van der Waals surface area contributed by atoms with Gasteiger partial charge in [0.05, 0.1) is 12.8 Å². The molecule has 9 heteroatoms. The molecule has 8 nitrogen and oxygen atoms in total. The summed E-state index contributed by atoms with van der Waals surface area (Å²) in [7, 11) is 0. The molecule has 1 atom stereocenters. The van der Waals surface area contributed by atoms with Gasteiger partial charge in [0.1, 0.15) is 0 Å². The van der Waals surface area contributed by atoms with Gasteiger partial charge in [0.25, 0.3) is 0 Å². The summed E-state index contributed by atoms with van der Waals surface area (Å²) in [6.07, 6.45) is -2.29. The quantitative estimate of drug-likeness (QED) is 0.289. The number of hydrogen-bond donors (Lipinski definition) is 3. The van der Waals surface area contributed by atoms with Crippen LogP contribution in [0, 0.1) is 0 Å². The summed E-state index contributed by atoms with van der Waals surface area (Å²) in [5.41, 5.74) is -2.78. The number of ether oxygens (including phenoxy) is 1. The van der Waals surface area contributed by atoms with E-state index in [9.17, 15) is 24.3 Å². The molecule has 0 radical (unpaired) electrons. The van der Waals surface area contributed by atoms with E-state index in [2.05, 4.69) is 4.74 Å². The van der Waals surface area contributed by atoms with Crippen LogP contribution in [0.4, 0.5) is 0 Å². The first-order valence-corrected chi connectivity index (χ1v) is 4.06. The molecule has 0 spiro atoms. The Balaban J connectivity index is 0. The first-order chi connectivity index (χ1) is 7.17. The van der Waals surface area contributed by atoms with Gasteiger partial charge in [-0.2, -0.15) is 0 Å². The molecular formula is C8H11LiO8. The fourth-order valence-corrected chi connectivity index (χ4v) is 0.899. The Bertz CT molecular complexity index is 338. The Labute approximate surface area is 108 Å². The van der Waals surface area contributed by atoms with Crippen LogP contribution >= 0.6 is 0 Å². The second kappa shape index (κ2) is 7.06. The molecule has 0 aromatic carbocycles. The third-order valence-electron chi connectivity index (χ3n) is 1.54. The van der Waals surface area contributed by atoms with Gasteiger partial charge in [0.2, 0.25) is 0 Å². The molecule has 92 valence electrons. The summed E-state index contributed by atoms with van der Waals surface area (Å²) in [4.78, 5) is 42.1. The Morgan fingerprint density at radius 3 is 1.88 bits per heavy atom. The van der Waals surface area contributed by atoms with Crippen LogP contribution in [0.25, 0.3) is 0 Å². The Morgan fingerprint density at radius 2 is 1.59 bits per heavy atom. The van der Waals surface area contributed by atoms with Gasteiger partial charge in [-0.25, -0.2) is 4.79 Å². The van der Waals surface area contributed by atoms with Crippen LogP contribution in [-0.2, 0) is 23.9 Å². The van der Waals surface area contributed by atoms with Crippen LogP contribution in [0.3, 0.4) is 0 Å². The minimum atomic E-state index is -2.78. The molecular weight excluding hydrogens is 231 g/mol. The first-order valence-electron chi connectivity index (χ1n) is 4.06. The Morgan fingerprint density at radius 1 is 1.12 bits per heavy atom. The maximum atomic E-state index is 10.9. The maximum absolute atomic E-state index is 10.9. The van der Waals surface area contributed by atoms with Gasteiger partial charge >= 0.3 is 42.7 Å². The van der Waals surface area contributed by atoms with Gasteiger partial charge < -0.3 is 20.1 Å². The molecule has 17 heavy (non-hydrogen) atoms. The molecule has 0 saturated heterocycles. The molecule has 0 aromatic rings. The SMILES string of the molecule is CC(=O)OC(=O)CC(O)(CC(=O)O)C(=O)O.[LiH]. The van der Waals surface area contributed by atoms with Crippen LogP contribution < -0.4 is 0 Å². The van der Waals surface area contributed by atoms with Crippen molar-refractivity contribution in [3.05, 3.63) is 0 Å². The van der Waals surface area contributed by atoms with E-state index in [1.165, 1.54) is 0 Å². The van der Waals surface area contributed by atoms with Crippen molar-refractivity contribution in [2.45, 2.75) is 25.4 Å². The predicted molar refractivity (Wildman–Crippen MR) is 53.4 cm³/mol. The zero-order valence-corrected chi connectivity index (χ0v) is 8.30. The van der Waals surface area contributed by atoms with Gasteiger partial charge in [0, 0.05) is 6.92 Å². The van der Waals surface area contributed by atoms with Crippen molar-refractivity contribution in [3.8, 4) is 0 Å². The molecule has 3 N–H and O–H groups in total. The number of aliphatic hydroxyl groups is 1. The van der Waals surface area contributed by atoms with E-state index in [1.54, 1.807) is 0 Å². The van der Waals surface area contributed by atoms with Crippen LogP contribution in [0.1, 0.15) is 19.8 Å². The third-order valence-corrected chi connectivity index (χ3v) is 1.54. The molecule has 0 rings (SSSR count). The summed E-state index contributed by atoms with van der Waals surface area (Å²) in [6, 6.07) is 0. The molecule has 0 heterocycles. The fraction of sp³-hybridized carbons (Fsp3) is 0.500. The summed E-state index contributed by atoms with van der Waals surface area (Å²) < 4.78 is 3.98. The summed E-state index contributed by atoms with van der Waals surface area (Å²) >= 11 is 0. The first kappa shape index (κ1) is 18.0. The van der Waals surface area contributed by atoms with Crippen molar-refractivity contribution < 1.29 is 39.2 Å². The van der Waals surface area contributed by atoms with Gasteiger partial charge in [-0.05, 0) is 0 Å². The zero-order valence-electron chi connectivity index (χ0n) is 8.30. The number of hydrogen-bond acceptors (Lipinski definition) is 6. The van der Waals surface area contributed by atoms with E-state index >= 15 is 0 Å². The van der Waals surface area contributed by atoms with E-state index in [1.807, 2.05) is 0 Å². The van der Waals surface area contributed by atoms with Crippen molar-refractivity contribution in [3.63, 3.8) is 0 Å². The van der Waals surface area contributed by atoms with Crippen molar-refractivity contribution in [1.29, 1.82) is 0 Å². The number of rotatable bonds is 5. The van der Waals surface area contributed by atoms with Crippen LogP contribution in [0.5, 0.6) is 0 Å². The van der Waals surface area contributed by atoms with Crippen molar-refractivity contribution in [2.75, 3.05) is 0 Å². The van der Waals surface area contributed by atoms with Crippen molar-refractivity contribution in [2.24, 2.45) is 0 Å². The molecule has 0 aliphatic rings. The average Bonchev–Trinajstić information content (AvgIpc) is 1.98. The Kier molecular flexibility index (Phi) is 7.48. The molecule has 0 aliphatic heterocycles.